The maximum atomic E-state index is 11.2. The van der Waals surface area contributed by atoms with Crippen LogP contribution in [-0.4, -0.2) is 35.8 Å². The van der Waals surface area contributed by atoms with Crippen molar-refractivity contribution in [2.75, 3.05) is 13.2 Å². The van der Waals surface area contributed by atoms with Gasteiger partial charge in [0.05, 0.1) is 0 Å². The Kier molecular flexibility index (Phi) is 6.96. The van der Waals surface area contributed by atoms with E-state index in [0.29, 0.717) is 13.2 Å². The van der Waals surface area contributed by atoms with Crippen LogP contribution in [0.25, 0.3) is 0 Å². The number of thiol groups is 1. The Labute approximate surface area is 91.0 Å². The minimum atomic E-state index is -0.341. The van der Waals surface area contributed by atoms with E-state index in [-0.39, 0.29) is 17.7 Å². The number of amides is 1. The number of rotatable bonds is 6. The fourth-order valence-corrected chi connectivity index (χ4v) is 1.57. The summed E-state index contributed by atoms with van der Waals surface area (Å²) in [4.78, 5) is 12.7. The minimum Gasteiger partial charge on any atom is -0.359 e. The highest BCUT2D eigenvalue weighted by molar-refractivity contribution is 7.96. The first kappa shape index (κ1) is 13.7. The molecule has 0 aromatic rings. The smallest absolute Gasteiger partial charge is 0.282 e. The molecule has 0 aromatic carbocycles. The second-order valence-electron chi connectivity index (χ2n) is 2.80. The Morgan fingerprint density at radius 3 is 1.79 bits per heavy atom. The van der Waals surface area contributed by atoms with Crippen molar-refractivity contribution in [1.29, 1.82) is 0 Å². The molecule has 14 heavy (non-hydrogen) atoms. The Hall–Kier alpha value is -0.260. The topological polar surface area (TPSA) is 38.8 Å². The van der Waals surface area contributed by atoms with E-state index in [2.05, 4.69) is 12.6 Å². The third-order valence-electron chi connectivity index (χ3n) is 1.82. The average Bonchev–Trinajstić information content (AvgIpc) is 2.04. The van der Waals surface area contributed by atoms with Crippen LogP contribution >= 0.6 is 12.6 Å². The molecule has 0 radical (unpaired) electrons. The van der Waals surface area contributed by atoms with E-state index in [1.165, 1.54) is 4.90 Å². The number of hydrogen-bond donors (Lipinski definition) is 1. The first-order valence-electron chi connectivity index (χ1n) is 4.79. The molecule has 0 bridgehead atoms. The van der Waals surface area contributed by atoms with Crippen LogP contribution in [0.3, 0.4) is 0 Å². The van der Waals surface area contributed by atoms with Crippen molar-refractivity contribution in [2.45, 2.75) is 40.2 Å². The molecule has 0 aliphatic carbocycles. The third-order valence-corrected chi connectivity index (χ3v) is 2.05. The molecule has 0 aliphatic heterocycles. The largest absolute Gasteiger partial charge is 0.359 e. The summed E-state index contributed by atoms with van der Waals surface area (Å²) in [5.41, 5.74) is 0. The lowest BCUT2D eigenvalue weighted by Crippen LogP contribution is -2.44. The Morgan fingerprint density at radius 2 is 1.57 bits per heavy atom. The highest BCUT2D eigenvalue weighted by atomic mass is 32.1. The SMILES string of the molecule is CCOC(C)N(C(=O)S)C(C)OCC. The molecule has 0 aliphatic rings. The Bertz CT molecular complexity index is 165. The maximum Gasteiger partial charge on any atom is 0.282 e. The Balaban J connectivity index is 4.33. The highest BCUT2D eigenvalue weighted by Gasteiger charge is 2.23. The van der Waals surface area contributed by atoms with Crippen molar-refractivity contribution in [3.63, 3.8) is 0 Å². The van der Waals surface area contributed by atoms with Gasteiger partial charge in [0.15, 0.2) is 0 Å². The normalized spacial score (nSPS) is 14.9. The van der Waals surface area contributed by atoms with Crippen molar-refractivity contribution in [2.24, 2.45) is 0 Å². The third kappa shape index (κ3) is 4.30. The lowest BCUT2D eigenvalue weighted by molar-refractivity contribution is -0.104. The monoisotopic (exact) mass is 221 g/mol. The summed E-state index contributed by atoms with van der Waals surface area (Å²) < 4.78 is 10.6. The van der Waals surface area contributed by atoms with E-state index in [1.807, 2.05) is 13.8 Å². The van der Waals surface area contributed by atoms with Crippen LogP contribution in [0.15, 0.2) is 0 Å². The number of carbonyl (C=O) groups is 1. The predicted octanol–water partition coefficient (Wildman–Crippen LogP) is 2.10. The highest BCUT2D eigenvalue weighted by Crippen LogP contribution is 2.11. The van der Waals surface area contributed by atoms with Crippen molar-refractivity contribution in [3.8, 4) is 0 Å². The van der Waals surface area contributed by atoms with Crippen LogP contribution in [0.1, 0.15) is 27.7 Å². The van der Waals surface area contributed by atoms with Gasteiger partial charge in [-0.2, -0.15) is 0 Å². The van der Waals surface area contributed by atoms with Crippen molar-refractivity contribution in [3.05, 3.63) is 0 Å². The van der Waals surface area contributed by atoms with E-state index >= 15 is 0 Å². The molecule has 0 saturated heterocycles. The number of carbonyl (C=O) groups excluding carboxylic acids is 1. The molecule has 1 amide bonds. The molecular formula is C9H19NO3S. The van der Waals surface area contributed by atoms with Crippen LogP contribution in [0.5, 0.6) is 0 Å². The second kappa shape index (κ2) is 7.09. The van der Waals surface area contributed by atoms with Gasteiger partial charge in [0, 0.05) is 13.2 Å². The van der Waals surface area contributed by atoms with Crippen LogP contribution in [-0.2, 0) is 9.47 Å². The molecular weight excluding hydrogens is 202 g/mol. The summed E-state index contributed by atoms with van der Waals surface area (Å²) >= 11 is 3.78. The van der Waals surface area contributed by atoms with Gasteiger partial charge in [-0.15, -0.1) is 0 Å². The standard InChI is InChI=1S/C9H19NO3S/c1-5-12-7(3)10(9(11)14)8(4)13-6-2/h7-8H,5-6H2,1-4H3,(H,11,14). The van der Waals surface area contributed by atoms with E-state index in [9.17, 15) is 4.79 Å². The average molecular weight is 221 g/mol. The summed E-state index contributed by atoms with van der Waals surface area (Å²) in [6, 6.07) is 0. The lowest BCUT2D eigenvalue weighted by atomic mass is 10.4. The molecule has 5 heteroatoms. The first-order valence-corrected chi connectivity index (χ1v) is 5.23. The molecule has 4 nitrogen and oxygen atoms in total. The summed E-state index contributed by atoms with van der Waals surface area (Å²) in [5.74, 6) is 0. The molecule has 0 saturated carbocycles. The van der Waals surface area contributed by atoms with Crippen molar-refractivity contribution < 1.29 is 14.3 Å². The van der Waals surface area contributed by atoms with Crippen molar-refractivity contribution in [1.82, 2.24) is 4.90 Å². The zero-order valence-electron chi connectivity index (χ0n) is 9.19. The quantitative estimate of drug-likeness (QED) is 0.551. The zero-order valence-corrected chi connectivity index (χ0v) is 10.1. The number of nitrogens with zero attached hydrogens (tertiary/aromatic N) is 1. The molecule has 0 heterocycles. The van der Waals surface area contributed by atoms with Crippen LogP contribution in [0, 0.1) is 0 Å². The number of hydrogen-bond acceptors (Lipinski definition) is 3. The summed E-state index contributed by atoms with van der Waals surface area (Å²) in [6.45, 7) is 8.46. The van der Waals surface area contributed by atoms with Gasteiger partial charge >= 0.3 is 0 Å². The lowest BCUT2D eigenvalue weighted by Gasteiger charge is -2.32. The molecule has 84 valence electrons. The van der Waals surface area contributed by atoms with E-state index in [0.717, 1.165) is 0 Å². The van der Waals surface area contributed by atoms with Gasteiger partial charge in [-0.3, -0.25) is 9.69 Å². The fraction of sp³-hybridized carbons (Fsp3) is 0.889. The summed E-state index contributed by atoms with van der Waals surface area (Å²) in [6.07, 6.45) is -0.627. The molecule has 0 aromatic heterocycles. The van der Waals surface area contributed by atoms with E-state index in [1.54, 1.807) is 13.8 Å². The Morgan fingerprint density at radius 1 is 1.21 bits per heavy atom. The van der Waals surface area contributed by atoms with E-state index < -0.39 is 0 Å². The van der Waals surface area contributed by atoms with Crippen LogP contribution < -0.4 is 0 Å². The molecule has 0 N–H and O–H groups in total. The zero-order chi connectivity index (χ0) is 11.1. The molecule has 0 spiro atoms. The molecule has 2 unspecified atom stereocenters. The fourth-order valence-electron chi connectivity index (χ4n) is 1.25. The van der Waals surface area contributed by atoms with Gasteiger partial charge < -0.3 is 9.47 Å². The molecule has 0 rings (SSSR count). The first-order chi connectivity index (χ1) is 6.54. The van der Waals surface area contributed by atoms with Gasteiger partial charge in [0.2, 0.25) is 0 Å². The van der Waals surface area contributed by atoms with Gasteiger partial charge in [0.1, 0.15) is 12.5 Å². The van der Waals surface area contributed by atoms with Crippen LogP contribution in [0.4, 0.5) is 4.79 Å². The molecule has 0 fully saturated rings. The second-order valence-corrected chi connectivity index (χ2v) is 3.18. The summed E-state index contributed by atoms with van der Waals surface area (Å²) in [7, 11) is 0. The minimum absolute atomic E-state index is 0.313. The predicted molar refractivity (Wildman–Crippen MR) is 58.4 cm³/mol. The van der Waals surface area contributed by atoms with E-state index in [4.69, 9.17) is 9.47 Å². The maximum absolute atomic E-state index is 11.2. The van der Waals surface area contributed by atoms with Gasteiger partial charge in [0.25, 0.3) is 5.24 Å². The molecule has 2 atom stereocenters. The van der Waals surface area contributed by atoms with Gasteiger partial charge in [-0.05, 0) is 27.7 Å². The van der Waals surface area contributed by atoms with Crippen molar-refractivity contribution >= 4 is 17.9 Å². The van der Waals surface area contributed by atoms with Gasteiger partial charge in [-0.25, -0.2) is 0 Å². The van der Waals surface area contributed by atoms with Crippen LogP contribution in [0.2, 0.25) is 0 Å². The number of ether oxygens (including phenoxy) is 2. The summed E-state index contributed by atoms with van der Waals surface area (Å²) in [5, 5.41) is -0.341. The van der Waals surface area contributed by atoms with Gasteiger partial charge in [-0.1, -0.05) is 12.6 Å².